The second-order valence-corrected chi connectivity index (χ2v) is 4.30. The average molecular weight is 247 g/mol. The van der Waals surface area contributed by atoms with Crippen LogP contribution >= 0.6 is 0 Å². The van der Waals surface area contributed by atoms with Crippen LogP contribution in [0, 0.1) is 0 Å². The molecule has 0 amide bonds. The van der Waals surface area contributed by atoms with Gasteiger partial charge in [-0.05, 0) is 29.8 Å². The van der Waals surface area contributed by atoms with Crippen molar-refractivity contribution in [2.24, 2.45) is 0 Å². The van der Waals surface area contributed by atoms with Gasteiger partial charge in [-0.25, -0.2) is 0 Å². The fourth-order valence-corrected chi connectivity index (χ4v) is 2.12. The number of pyridine rings is 1. The number of para-hydroxylation sites is 1. The SMILES string of the molecule is O=c1c(-c2ccccc2)cccn1-c1ccccc1. The molecule has 2 nitrogen and oxygen atoms in total. The molecule has 1 heterocycles. The quantitative estimate of drug-likeness (QED) is 0.679. The van der Waals surface area contributed by atoms with Crippen molar-refractivity contribution in [1.29, 1.82) is 0 Å². The van der Waals surface area contributed by atoms with Gasteiger partial charge in [0.25, 0.3) is 5.56 Å². The fourth-order valence-electron chi connectivity index (χ4n) is 2.12. The topological polar surface area (TPSA) is 22.0 Å². The summed E-state index contributed by atoms with van der Waals surface area (Å²) in [4.78, 5) is 12.5. The molecule has 0 aliphatic heterocycles. The van der Waals surface area contributed by atoms with Crippen LogP contribution in [-0.4, -0.2) is 4.57 Å². The van der Waals surface area contributed by atoms with E-state index in [4.69, 9.17) is 0 Å². The summed E-state index contributed by atoms with van der Waals surface area (Å²) >= 11 is 0. The van der Waals surface area contributed by atoms with Gasteiger partial charge in [-0.1, -0.05) is 48.5 Å². The van der Waals surface area contributed by atoms with Crippen molar-refractivity contribution in [3.05, 3.63) is 89.3 Å². The molecule has 0 fully saturated rings. The lowest BCUT2D eigenvalue weighted by Crippen LogP contribution is -2.18. The summed E-state index contributed by atoms with van der Waals surface area (Å²) in [6, 6.07) is 23.1. The van der Waals surface area contributed by atoms with E-state index in [-0.39, 0.29) is 5.56 Å². The molecule has 19 heavy (non-hydrogen) atoms. The normalized spacial score (nSPS) is 10.3. The molecule has 0 saturated heterocycles. The summed E-state index contributed by atoms with van der Waals surface area (Å²) in [5.74, 6) is 0. The van der Waals surface area contributed by atoms with E-state index in [0.29, 0.717) is 5.56 Å². The highest BCUT2D eigenvalue weighted by Gasteiger charge is 2.06. The van der Waals surface area contributed by atoms with E-state index in [2.05, 4.69) is 0 Å². The molecule has 3 rings (SSSR count). The second kappa shape index (κ2) is 4.94. The van der Waals surface area contributed by atoms with Crippen molar-refractivity contribution < 1.29 is 0 Å². The summed E-state index contributed by atoms with van der Waals surface area (Å²) in [5, 5.41) is 0. The minimum Gasteiger partial charge on any atom is -0.284 e. The van der Waals surface area contributed by atoms with E-state index in [1.807, 2.05) is 72.8 Å². The second-order valence-electron chi connectivity index (χ2n) is 4.30. The lowest BCUT2D eigenvalue weighted by molar-refractivity contribution is 0.993. The molecule has 0 saturated carbocycles. The Labute approximate surface area is 111 Å². The predicted octanol–water partition coefficient (Wildman–Crippen LogP) is 3.50. The van der Waals surface area contributed by atoms with Gasteiger partial charge in [0, 0.05) is 17.4 Å². The van der Waals surface area contributed by atoms with Gasteiger partial charge < -0.3 is 0 Å². The minimum absolute atomic E-state index is 0.0000926. The first-order chi connectivity index (χ1) is 9.36. The van der Waals surface area contributed by atoms with Gasteiger partial charge in [0.1, 0.15) is 0 Å². The summed E-state index contributed by atoms with van der Waals surface area (Å²) in [5.41, 5.74) is 2.54. The molecule has 2 heteroatoms. The highest BCUT2D eigenvalue weighted by molar-refractivity contribution is 5.62. The van der Waals surface area contributed by atoms with Gasteiger partial charge in [-0.3, -0.25) is 9.36 Å². The molecule has 0 bridgehead atoms. The first-order valence-electron chi connectivity index (χ1n) is 6.19. The molecule has 0 unspecified atom stereocenters. The Morgan fingerprint density at radius 3 is 2.00 bits per heavy atom. The summed E-state index contributed by atoms with van der Waals surface area (Å²) < 4.78 is 1.67. The van der Waals surface area contributed by atoms with Crippen LogP contribution in [0.3, 0.4) is 0 Å². The monoisotopic (exact) mass is 247 g/mol. The van der Waals surface area contributed by atoms with Crippen molar-refractivity contribution in [2.75, 3.05) is 0 Å². The van der Waals surface area contributed by atoms with E-state index in [0.717, 1.165) is 11.3 Å². The van der Waals surface area contributed by atoms with Crippen LogP contribution in [0.1, 0.15) is 0 Å². The number of hydrogen-bond donors (Lipinski definition) is 0. The zero-order valence-corrected chi connectivity index (χ0v) is 10.4. The van der Waals surface area contributed by atoms with Crippen LogP contribution in [0.4, 0.5) is 0 Å². The largest absolute Gasteiger partial charge is 0.284 e. The lowest BCUT2D eigenvalue weighted by atomic mass is 10.1. The minimum atomic E-state index is -0.0000926. The maximum atomic E-state index is 12.5. The molecule has 0 aliphatic carbocycles. The Hall–Kier alpha value is -2.61. The number of hydrogen-bond acceptors (Lipinski definition) is 1. The van der Waals surface area contributed by atoms with Gasteiger partial charge >= 0.3 is 0 Å². The molecule has 0 aliphatic rings. The molecule has 92 valence electrons. The first-order valence-corrected chi connectivity index (χ1v) is 6.19. The molecule has 2 aromatic carbocycles. The van der Waals surface area contributed by atoms with Crippen molar-refractivity contribution >= 4 is 0 Å². The molecule has 0 atom stereocenters. The number of rotatable bonds is 2. The highest BCUT2D eigenvalue weighted by Crippen LogP contribution is 2.15. The summed E-state index contributed by atoms with van der Waals surface area (Å²) in [6.07, 6.45) is 1.80. The third-order valence-corrected chi connectivity index (χ3v) is 3.07. The lowest BCUT2D eigenvalue weighted by Gasteiger charge is -2.08. The van der Waals surface area contributed by atoms with Gasteiger partial charge in [0.2, 0.25) is 0 Å². The van der Waals surface area contributed by atoms with Crippen LogP contribution in [0.2, 0.25) is 0 Å². The zero-order chi connectivity index (χ0) is 13.1. The number of nitrogens with zero attached hydrogens (tertiary/aromatic N) is 1. The average Bonchev–Trinajstić information content (AvgIpc) is 2.49. The van der Waals surface area contributed by atoms with Crippen LogP contribution in [-0.2, 0) is 0 Å². The molecule has 1 aromatic heterocycles. The van der Waals surface area contributed by atoms with Crippen molar-refractivity contribution in [3.8, 4) is 16.8 Å². The van der Waals surface area contributed by atoms with Crippen molar-refractivity contribution in [1.82, 2.24) is 4.57 Å². The maximum Gasteiger partial charge on any atom is 0.262 e. The van der Waals surface area contributed by atoms with Crippen LogP contribution in [0.25, 0.3) is 16.8 Å². The van der Waals surface area contributed by atoms with E-state index in [1.165, 1.54) is 0 Å². The first kappa shape index (κ1) is 11.5. The Morgan fingerprint density at radius 2 is 1.32 bits per heavy atom. The van der Waals surface area contributed by atoms with Crippen LogP contribution in [0.15, 0.2) is 83.8 Å². The standard InChI is InChI=1S/C17H13NO/c19-17-16(14-8-3-1-4-9-14)12-7-13-18(17)15-10-5-2-6-11-15/h1-13H. The molecule has 0 radical (unpaired) electrons. The van der Waals surface area contributed by atoms with Gasteiger partial charge in [-0.15, -0.1) is 0 Å². The number of aromatic nitrogens is 1. The smallest absolute Gasteiger partial charge is 0.262 e. The summed E-state index contributed by atoms with van der Waals surface area (Å²) in [6.45, 7) is 0. The van der Waals surface area contributed by atoms with E-state index in [1.54, 1.807) is 10.8 Å². The van der Waals surface area contributed by atoms with Gasteiger partial charge in [0.05, 0.1) is 0 Å². The molecule has 0 spiro atoms. The Balaban J connectivity index is 2.18. The molecular formula is C17H13NO. The number of benzene rings is 2. The molecular weight excluding hydrogens is 234 g/mol. The Morgan fingerprint density at radius 1 is 0.684 bits per heavy atom. The Bertz CT molecular complexity index is 669. The molecule has 3 aromatic rings. The third-order valence-electron chi connectivity index (χ3n) is 3.07. The predicted molar refractivity (Wildman–Crippen MR) is 77.5 cm³/mol. The Kier molecular flexibility index (Phi) is 2.99. The van der Waals surface area contributed by atoms with Crippen molar-refractivity contribution in [2.45, 2.75) is 0 Å². The van der Waals surface area contributed by atoms with Gasteiger partial charge in [0.15, 0.2) is 0 Å². The van der Waals surface area contributed by atoms with E-state index >= 15 is 0 Å². The summed E-state index contributed by atoms with van der Waals surface area (Å²) in [7, 11) is 0. The van der Waals surface area contributed by atoms with Crippen LogP contribution in [0.5, 0.6) is 0 Å². The zero-order valence-electron chi connectivity index (χ0n) is 10.4. The third kappa shape index (κ3) is 2.20. The van der Waals surface area contributed by atoms with Crippen LogP contribution < -0.4 is 5.56 Å². The highest BCUT2D eigenvalue weighted by atomic mass is 16.1. The molecule has 0 N–H and O–H groups in total. The fraction of sp³-hybridized carbons (Fsp3) is 0. The van der Waals surface area contributed by atoms with E-state index < -0.39 is 0 Å². The van der Waals surface area contributed by atoms with E-state index in [9.17, 15) is 4.79 Å². The van der Waals surface area contributed by atoms with Gasteiger partial charge in [-0.2, -0.15) is 0 Å². The maximum absolute atomic E-state index is 12.5. The van der Waals surface area contributed by atoms with Crippen molar-refractivity contribution in [3.63, 3.8) is 0 Å².